The van der Waals surface area contributed by atoms with Gasteiger partial charge in [0, 0.05) is 32.2 Å². The number of rotatable bonds is 6. The normalized spacial score (nSPS) is 11.6. The molecule has 1 aromatic carbocycles. The van der Waals surface area contributed by atoms with Gasteiger partial charge in [0.25, 0.3) is 5.91 Å². The summed E-state index contributed by atoms with van der Waals surface area (Å²) in [6.45, 7) is 4.62. The largest absolute Gasteiger partial charge is 0.355 e. The molecule has 2 N–H and O–H groups in total. The van der Waals surface area contributed by atoms with Gasteiger partial charge in [0.1, 0.15) is 0 Å². The van der Waals surface area contributed by atoms with Crippen LogP contribution in [0.1, 0.15) is 42.6 Å². The van der Waals surface area contributed by atoms with Crippen molar-refractivity contribution < 1.29 is 9.59 Å². The molecule has 0 aromatic heterocycles. The van der Waals surface area contributed by atoms with Gasteiger partial charge in [0.15, 0.2) is 0 Å². The molecule has 116 valence electrons. The molecule has 0 aliphatic carbocycles. The zero-order chi connectivity index (χ0) is 15.8. The van der Waals surface area contributed by atoms with Crippen molar-refractivity contribution in [2.45, 2.75) is 39.3 Å². The van der Waals surface area contributed by atoms with Crippen molar-refractivity contribution >= 4 is 11.9 Å². The van der Waals surface area contributed by atoms with Crippen LogP contribution in [-0.4, -0.2) is 37.0 Å². The summed E-state index contributed by atoms with van der Waals surface area (Å²) in [5.74, 6) is -0.110. The van der Waals surface area contributed by atoms with Crippen LogP contribution in [0.2, 0.25) is 0 Å². The molecule has 1 aromatic rings. The van der Waals surface area contributed by atoms with Crippen molar-refractivity contribution in [3.8, 4) is 0 Å². The molecule has 0 fully saturated rings. The number of nitrogens with zero attached hydrogens (tertiary/aromatic N) is 1. The Bertz CT molecular complexity index is 471. The number of nitrogens with one attached hydrogen (secondary N) is 2. The maximum atomic E-state index is 12.0. The molecule has 0 spiro atoms. The molecule has 5 nitrogen and oxygen atoms in total. The SMILES string of the molecule is CCCC(C)NC(=O)N(C)Cc1ccc(C(=O)NC)cc1. The highest BCUT2D eigenvalue weighted by Crippen LogP contribution is 2.07. The first-order valence-electron chi connectivity index (χ1n) is 7.30. The number of hydrogen-bond acceptors (Lipinski definition) is 2. The lowest BCUT2D eigenvalue weighted by Gasteiger charge is -2.21. The van der Waals surface area contributed by atoms with Crippen LogP contribution in [-0.2, 0) is 6.54 Å². The Balaban J connectivity index is 2.56. The summed E-state index contributed by atoms with van der Waals surface area (Å²) in [6, 6.07) is 7.36. The standard InChI is InChI=1S/C16H25N3O2/c1-5-6-12(2)18-16(21)19(4)11-13-7-9-14(10-8-13)15(20)17-3/h7-10,12H,5-6,11H2,1-4H3,(H,17,20)(H,18,21). The fourth-order valence-corrected chi connectivity index (χ4v) is 2.08. The smallest absolute Gasteiger partial charge is 0.317 e. The van der Waals surface area contributed by atoms with E-state index in [2.05, 4.69) is 17.6 Å². The first-order valence-corrected chi connectivity index (χ1v) is 7.30. The Morgan fingerprint density at radius 2 is 1.86 bits per heavy atom. The molecule has 0 bridgehead atoms. The molecule has 0 saturated carbocycles. The van der Waals surface area contributed by atoms with Gasteiger partial charge in [-0.3, -0.25) is 4.79 Å². The van der Waals surface area contributed by atoms with E-state index in [9.17, 15) is 9.59 Å². The summed E-state index contributed by atoms with van der Waals surface area (Å²) in [6.07, 6.45) is 2.02. The van der Waals surface area contributed by atoms with Crippen LogP contribution in [0.25, 0.3) is 0 Å². The van der Waals surface area contributed by atoms with Crippen molar-refractivity contribution in [1.29, 1.82) is 0 Å². The van der Waals surface area contributed by atoms with Gasteiger partial charge in [-0.1, -0.05) is 25.5 Å². The average Bonchev–Trinajstić information content (AvgIpc) is 2.47. The van der Waals surface area contributed by atoms with E-state index in [-0.39, 0.29) is 18.0 Å². The van der Waals surface area contributed by atoms with Gasteiger partial charge in [0.05, 0.1) is 0 Å². The van der Waals surface area contributed by atoms with Crippen molar-refractivity contribution in [2.24, 2.45) is 0 Å². The van der Waals surface area contributed by atoms with Gasteiger partial charge in [-0.15, -0.1) is 0 Å². The zero-order valence-electron chi connectivity index (χ0n) is 13.3. The second-order valence-electron chi connectivity index (χ2n) is 5.27. The Hall–Kier alpha value is -2.04. The molecule has 0 aliphatic rings. The van der Waals surface area contributed by atoms with Crippen molar-refractivity contribution in [3.05, 3.63) is 35.4 Å². The van der Waals surface area contributed by atoms with Crippen LogP contribution in [0.5, 0.6) is 0 Å². The van der Waals surface area contributed by atoms with Crippen LogP contribution in [0.4, 0.5) is 4.79 Å². The number of benzene rings is 1. The molecule has 21 heavy (non-hydrogen) atoms. The van der Waals surface area contributed by atoms with Gasteiger partial charge in [-0.25, -0.2) is 4.79 Å². The van der Waals surface area contributed by atoms with Crippen LogP contribution < -0.4 is 10.6 Å². The minimum atomic E-state index is -0.110. The summed E-state index contributed by atoms with van der Waals surface area (Å²) in [7, 11) is 3.37. The van der Waals surface area contributed by atoms with E-state index in [0.717, 1.165) is 18.4 Å². The molecule has 0 saturated heterocycles. The molecule has 3 amide bonds. The summed E-state index contributed by atoms with van der Waals surface area (Å²) < 4.78 is 0. The Kier molecular flexibility index (Phi) is 6.72. The first kappa shape index (κ1) is 17.0. The molecular formula is C16H25N3O2. The number of carbonyl (C=O) groups is 2. The molecule has 0 aliphatic heterocycles. The lowest BCUT2D eigenvalue weighted by molar-refractivity contribution is 0.0963. The van der Waals surface area contributed by atoms with Gasteiger partial charge >= 0.3 is 6.03 Å². The Labute approximate surface area is 126 Å². The fraction of sp³-hybridized carbons (Fsp3) is 0.500. The summed E-state index contributed by atoms with van der Waals surface area (Å²) in [5.41, 5.74) is 1.60. The highest BCUT2D eigenvalue weighted by Gasteiger charge is 2.12. The third-order valence-electron chi connectivity index (χ3n) is 3.30. The predicted molar refractivity (Wildman–Crippen MR) is 84.2 cm³/mol. The fourth-order valence-electron chi connectivity index (χ4n) is 2.08. The average molecular weight is 291 g/mol. The maximum absolute atomic E-state index is 12.0. The monoisotopic (exact) mass is 291 g/mol. The topological polar surface area (TPSA) is 61.4 Å². The van der Waals surface area contributed by atoms with Gasteiger partial charge < -0.3 is 15.5 Å². The van der Waals surface area contributed by atoms with Gasteiger partial charge in [0.2, 0.25) is 0 Å². The predicted octanol–water partition coefficient (Wildman–Crippen LogP) is 2.38. The van der Waals surface area contributed by atoms with E-state index in [1.54, 1.807) is 31.1 Å². The second-order valence-corrected chi connectivity index (χ2v) is 5.27. The third-order valence-corrected chi connectivity index (χ3v) is 3.30. The minimum absolute atomic E-state index is 0.0775. The molecule has 0 radical (unpaired) electrons. The van der Waals surface area contributed by atoms with E-state index >= 15 is 0 Å². The number of amides is 3. The quantitative estimate of drug-likeness (QED) is 0.845. The van der Waals surface area contributed by atoms with Crippen LogP contribution >= 0.6 is 0 Å². The molecule has 1 atom stereocenters. The van der Waals surface area contributed by atoms with Crippen molar-refractivity contribution in [2.75, 3.05) is 14.1 Å². The number of carbonyl (C=O) groups excluding carboxylic acids is 2. The van der Waals surface area contributed by atoms with E-state index in [1.807, 2.05) is 19.1 Å². The summed E-state index contributed by atoms with van der Waals surface area (Å²) >= 11 is 0. The van der Waals surface area contributed by atoms with E-state index in [0.29, 0.717) is 12.1 Å². The zero-order valence-corrected chi connectivity index (χ0v) is 13.3. The molecule has 1 unspecified atom stereocenters. The Morgan fingerprint density at radius 3 is 2.38 bits per heavy atom. The van der Waals surface area contributed by atoms with Crippen LogP contribution in [0.3, 0.4) is 0 Å². The van der Waals surface area contributed by atoms with Gasteiger partial charge in [-0.05, 0) is 31.0 Å². The van der Waals surface area contributed by atoms with Crippen LogP contribution in [0, 0.1) is 0 Å². The highest BCUT2D eigenvalue weighted by molar-refractivity contribution is 5.93. The summed E-state index contributed by atoms with van der Waals surface area (Å²) in [5, 5.41) is 5.54. The minimum Gasteiger partial charge on any atom is -0.355 e. The van der Waals surface area contributed by atoms with E-state index in [4.69, 9.17) is 0 Å². The lowest BCUT2D eigenvalue weighted by atomic mass is 10.1. The highest BCUT2D eigenvalue weighted by atomic mass is 16.2. The molecule has 1 rings (SSSR count). The second kappa shape index (κ2) is 8.29. The van der Waals surface area contributed by atoms with Crippen molar-refractivity contribution in [1.82, 2.24) is 15.5 Å². The van der Waals surface area contributed by atoms with E-state index in [1.165, 1.54) is 0 Å². The van der Waals surface area contributed by atoms with Crippen LogP contribution in [0.15, 0.2) is 24.3 Å². The third kappa shape index (κ3) is 5.45. The van der Waals surface area contributed by atoms with E-state index < -0.39 is 0 Å². The molecule has 5 heteroatoms. The summed E-state index contributed by atoms with van der Waals surface area (Å²) in [4.78, 5) is 25.1. The molecular weight excluding hydrogens is 266 g/mol. The molecule has 0 heterocycles. The number of hydrogen-bond donors (Lipinski definition) is 2. The van der Waals surface area contributed by atoms with Gasteiger partial charge in [-0.2, -0.15) is 0 Å². The lowest BCUT2D eigenvalue weighted by Crippen LogP contribution is -2.41. The Morgan fingerprint density at radius 1 is 1.24 bits per heavy atom. The first-order chi connectivity index (χ1) is 9.97. The number of urea groups is 1. The maximum Gasteiger partial charge on any atom is 0.317 e. The van der Waals surface area contributed by atoms with Crippen molar-refractivity contribution in [3.63, 3.8) is 0 Å².